The summed E-state index contributed by atoms with van der Waals surface area (Å²) in [6.07, 6.45) is 0.385. The maximum Gasteiger partial charge on any atom is 0.125 e. The molecule has 0 N–H and O–H groups in total. The van der Waals surface area contributed by atoms with E-state index in [4.69, 9.17) is 9.72 Å². The molecule has 1 aromatic heterocycles. The second kappa shape index (κ2) is 6.00. The summed E-state index contributed by atoms with van der Waals surface area (Å²) < 4.78 is 18.5. The molecule has 2 atom stereocenters. The van der Waals surface area contributed by atoms with Gasteiger partial charge < -0.3 is 4.74 Å². The molecule has 0 bridgehead atoms. The Balaban J connectivity index is 1.83. The van der Waals surface area contributed by atoms with E-state index in [2.05, 4.69) is 29.7 Å². The maximum atomic E-state index is 13.0. The van der Waals surface area contributed by atoms with E-state index < -0.39 is 6.17 Å². The van der Waals surface area contributed by atoms with Gasteiger partial charge in [0.15, 0.2) is 0 Å². The number of likely N-dealkylation sites (tertiary alicyclic amines) is 1. The first-order chi connectivity index (χ1) is 9.63. The van der Waals surface area contributed by atoms with Crippen molar-refractivity contribution in [3.05, 3.63) is 29.1 Å². The number of alkyl halides is 1. The zero-order valence-corrected chi connectivity index (χ0v) is 12.7. The summed E-state index contributed by atoms with van der Waals surface area (Å²) in [7, 11) is 0. The summed E-state index contributed by atoms with van der Waals surface area (Å²) in [4.78, 5) is 6.88. The quantitative estimate of drug-likeness (QED) is 0.865. The van der Waals surface area contributed by atoms with Crippen LogP contribution in [-0.2, 0) is 11.3 Å². The Morgan fingerprint density at radius 2 is 2.30 bits per heavy atom. The van der Waals surface area contributed by atoms with E-state index in [1.165, 1.54) is 5.56 Å². The molecule has 0 saturated carbocycles. The lowest BCUT2D eigenvalue weighted by Gasteiger charge is -2.34. The first-order valence-electron chi connectivity index (χ1n) is 7.25. The van der Waals surface area contributed by atoms with Gasteiger partial charge in [-0.25, -0.2) is 4.39 Å². The first-order valence-corrected chi connectivity index (χ1v) is 7.77. The van der Waals surface area contributed by atoms with Gasteiger partial charge in [-0.05, 0) is 25.0 Å². The van der Waals surface area contributed by atoms with Crippen molar-refractivity contribution in [2.45, 2.75) is 37.2 Å². The molecule has 2 aliphatic rings. The fourth-order valence-corrected chi connectivity index (χ4v) is 3.03. The molecule has 5 heteroatoms. The highest BCUT2D eigenvalue weighted by atomic mass is 32.1. The Hall–Kier alpha value is -0.650. The van der Waals surface area contributed by atoms with E-state index in [-0.39, 0.29) is 5.25 Å². The number of thiol groups is 1. The average Bonchev–Trinajstić information content (AvgIpc) is 2.90. The highest BCUT2D eigenvalue weighted by Gasteiger charge is 2.29. The van der Waals surface area contributed by atoms with Gasteiger partial charge in [-0.15, -0.1) is 0 Å². The van der Waals surface area contributed by atoms with Gasteiger partial charge in [0.2, 0.25) is 0 Å². The molecule has 2 aliphatic heterocycles. The van der Waals surface area contributed by atoms with Crippen LogP contribution in [0.15, 0.2) is 12.1 Å². The standard InChI is InChI=1S/C15H21FN2OS/c1-10(20)14-3-2-13(11-4-5-19-9-11)15(17-14)8-18-6-12(16)7-18/h2-3,10-12,20H,4-9H2,1H3/t10?,11-/m1/s1. The smallest absolute Gasteiger partial charge is 0.125 e. The van der Waals surface area contributed by atoms with Crippen molar-refractivity contribution in [2.75, 3.05) is 26.3 Å². The van der Waals surface area contributed by atoms with Crippen molar-refractivity contribution >= 4 is 12.6 Å². The third-order valence-electron chi connectivity index (χ3n) is 4.11. The number of rotatable bonds is 4. The van der Waals surface area contributed by atoms with E-state index in [1.807, 2.05) is 6.92 Å². The molecule has 3 heterocycles. The van der Waals surface area contributed by atoms with E-state index >= 15 is 0 Å². The van der Waals surface area contributed by atoms with Gasteiger partial charge in [0.05, 0.1) is 18.0 Å². The van der Waals surface area contributed by atoms with Crippen LogP contribution in [0.3, 0.4) is 0 Å². The fraction of sp³-hybridized carbons (Fsp3) is 0.667. The molecule has 1 unspecified atom stereocenters. The van der Waals surface area contributed by atoms with Gasteiger partial charge in [0, 0.05) is 37.4 Å². The molecule has 0 spiro atoms. The minimum absolute atomic E-state index is 0.118. The molecule has 1 aromatic rings. The summed E-state index contributed by atoms with van der Waals surface area (Å²) in [5.41, 5.74) is 3.33. The lowest BCUT2D eigenvalue weighted by atomic mass is 9.95. The van der Waals surface area contributed by atoms with Crippen molar-refractivity contribution in [3.63, 3.8) is 0 Å². The van der Waals surface area contributed by atoms with Gasteiger partial charge in [0.25, 0.3) is 0 Å². The maximum absolute atomic E-state index is 13.0. The van der Waals surface area contributed by atoms with Crippen LogP contribution in [0, 0.1) is 0 Å². The van der Waals surface area contributed by atoms with Gasteiger partial charge in [-0.1, -0.05) is 6.07 Å². The van der Waals surface area contributed by atoms with Crippen LogP contribution in [0.1, 0.15) is 41.5 Å². The van der Waals surface area contributed by atoms with Crippen LogP contribution in [0.25, 0.3) is 0 Å². The SMILES string of the molecule is CC(S)c1ccc([C@@H]2CCOC2)c(CN2CC(F)C2)n1. The average molecular weight is 296 g/mol. The molecule has 20 heavy (non-hydrogen) atoms. The minimum Gasteiger partial charge on any atom is -0.381 e. The first kappa shape index (κ1) is 14.3. The number of aromatic nitrogens is 1. The topological polar surface area (TPSA) is 25.4 Å². The minimum atomic E-state index is -0.666. The normalized spacial score (nSPS) is 25.6. The second-order valence-corrected chi connectivity index (χ2v) is 6.57. The third-order valence-corrected chi connectivity index (χ3v) is 4.38. The van der Waals surface area contributed by atoms with Crippen LogP contribution in [-0.4, -0.2) is 42.4 Å². The number of pyridine rings is 1. The lowest BCUT2D eigenvalue weighted by Crippen LogP contribution is -2.47. The molecule has 0 radical (unpaired) electrons. The predicted molar refractivity (Wildman–Crippen MR) is 80.0 cm³/mol. The van der Waals surface area contributed by atoms with Crippen molar-refractivity contribution in [1.29, 1.82) is 0 Å². The van der Waals surface area contributed by atoms with E-state index in [0.717, 1.165) is 37.6 Å². The Morgan fingerprint density at radius 3 is 2.90 bits per heavy atom. The van der Waals surface area contributed by atoms with E-state index in [0.29, 0.717) is 19.0 Å². The van der Waals surface area contributed by atoms with Gasteiger partial charge in [-0.3, -0.25) is 9.88 Å². The third kappa shape index (κ3) is 3.00. The van der Waals surface area contributed by atoms with E-state index in [1.54, 1.807) is 0 Å². The lowest BCUT2D eigenvalue weighted by molar-refractivity contribution is 0.0576. The number of halogens is 1. The summed E-state index contributed by atoms with van der Waals surface area (Å²) in [5, 5.41) is 0.118. The molecule has 0 aliphatic carbocycles. The van der Waals surface area contributed by atoms with Gasteiger partial charge in [0.1, 0.15) is 6.17 Å². The molecule has 3 rings (SSSR count). The number of hydrogen-bond acceptors (Lipinski definition) is 4. The molecule has 0 aromatic carbocycles. The summed E-state index contributed by atoms with van der Waals surface area (Å²) >= 11 is 4.46. The molecule has 110 valence electrons. The Morgan fingerprint density at radius 1 is 1.50 bits per heavy atom. The number of hydrogen-bond donors (Lipinski definition) is 1. The number of ether oxygens (including phenoxy) is 1. The fourth-order valence-electron chi connectivity index (χ4n) is 2.89. The Kier molecular flexibility index (Phi) is 4.29. The molecule has 2 fully saturated rings. The van der Waals surface area contributed by atoms with Crippen LogP contribution in [0.5, 0.6) is 0 Å². The second-order valence-electron chi connectivity index (χ2n) is 5.80. The van der Waals surface area contributed by atoms with Gasteiger partial charge >= 0.3 is 0 Å². The zero-order chi connectivity index (χ0) is 14.1. The Bertz CT molecular complexity index is 471. The molecule has 2 saturated heterocycles. The van der Waals surface area contributed by atoms with E-state index in [9.17, 15) is 4.39 Å². The summed E-state index contributed by atoms with van der Waals surface area (Å²) in [6, 6.07) is 4.22. The zero-order valence-electron chi connectivity index (χ0n) is 11.8. The predicted octanol–water partition coefficient (Wildman–Crippen LogP) is 2.73. The number of nitrogens with zero attached hydrogens (tertiary/aromatic N) is 2. The van der Waals surface area contributed by atoms with Crippen molar-refractivity contribution < 1.29 is 9.13 Å². The molecule has 0 amide bonds. The van der Waals surface area contributed by atoms with Crippen molar-refractivity contribution in [2.24, 2.45) is 0 Å². The van der Waals surface area contributed by atoms with Crippen molar-refractivity contribution in [1.82, 2.24) is 9.88 Å². The summed E-state index contributed by atoms with van der Waals surface area (Å²) in [6.45, 7) is 5.42. The molecular formula is C15H21FN2OS. The summed E-state index contributed by atoms with van der Waals surface area (Å²) in [5.74, 6) is 0.434. The van der Waals surface area contributed by atoms with Crippen LogP contribution in [0.2, 0.25) is 0 Å². The highest BCUT2D eigenvalue weighted by molar-refractivity contribution is 7.80. The Labute approximate surface area is 124 Å². The van der Waals surface area contributed by atoms with Crippen LogP contribution >= 0.6 is 12.6 Å². The van der Waals surface area contributed by atoms with Crippen molar-refractivity contribution in [3.8, 4) is 0 Å². The molecular weight excluding hydrogens is 275 g/mol. The van der Waals surface area contributed by atoms with Gasteiger partial charge in [-0.2, -0.15) is 12.6 Å². The highest BCUT2D eigenvalue weighted by Crippen LogP contribution is 2.30. The van der Waals surface area contributed by atoms with Crippen LogP contribution in [0.4, 0.5) is 4.39 Å². The molecule has 3 nitrogen and oxygen atoms in total. The monoisotopic (exact) mass is 296 g/mol. The van der Waals surface area contributed by atoms with Crippen LogP contribution < -0.4 is 0 Å². The largest absolute Gasteiger partial charge is 0.381 e.